The standard InChI is InChI=1S/C21H23Cl2N3O2/c1-14(2)20(27)24-16-5-3-6-17(12-16)26-10-4-9-25(21(26)28)13-15-7-8-18(22)19(23)11-15/h3,5-8,11-12,14H,4,9-10,13H2,1-2H3,(H,24,27). The number of hydrogen-bond donors (Lipinski definition) is 1. The lowest BCUT2D eigenvalue weighted by molar-refractivity contribution is -0.118. The summed E-state index contributed by atoms with van der Waals surface area (Å²) in [5.41, 5.74) is 2.39. The average molecular weight is 420 g/mol. The van der Waals surface area contributed by atoms with Crippen molar-refractivity contribution in [2.75, 3.05) is 23.3 Å². The summed E-state index contributed by atoms with van der Waals surface area (Å²) in [5.74, 6) is -0.162. The number of nitrogens with zero attached hydrogens (tertiary/aromatic N) is 2. The lowest BCUT2D eigenvalue weighted by atomic mass is 10.1. The molecule has 1 aliphatic heterocycles. The van der Waals surface area contributed by atoms with Gasteiger partial charge in [-0.2, -0.15) is 0 Å². The minimum Gasteiger partial charge on any atom is -0.326 e. The third-order valence-corrected chi connectivity index (χ3v) is 5.36. The quantitative estimate of drug-likeness (QED) is 0.702. The number of urea groups is 1. The predicted molar refractivity (Wildman–Crippen MR) is 114 cm³/mol. The second-order valence-corrected chi connectivity index (χ2v) is 7.97. The number of nitrogens with one attached hydrogen (secondary N) is 1. The Bertz CT molecular complexity index is 886. The lowest BCUT2D eigenvalue weighted by Gasteiger charge is -2.36. The van der Waals surface area contributed by atoms with Crippen molar-refractivity contribution in [3.05, 3.63) is 58.1 Å². The first-order valence-electron chi connectivity index (χ1n) is 9.26. The molecule has 5 nitrogen and oxygen atoms in total. The highest BCUT2D eigenvalue weighted by molar-refractivity contribution is 6.42. The monoisotopic (exact) mass is 419 g/mol. The van der Waals surface area contributed by atoms with E-state index in [9.17, 15) is 9.59 Å². The van der Waals surface area contributed by atoms with Crippen molar-refractivity contribution in [2.45, 2.75) is 26.8 Å². The average Bonchev–Trinajstić information content (AvgIpc) is 2.66. The molecule has 1 saturated heterocycles. The van der Waals surface area contributed by atoms with Crippen LogP contribution in [0, 0.1) is 5.92 Å². The maximum Gasteiger partial charge on any atom is 0.324 e. The van der Waals surface area contributed by atoms with Crippen molar-refractivity contribution in [2.24, 2.45) is 5.92 Å². The van der Waals surface area contributed by atoms with Gasteiger partial charge in [-0.25, -0.2) is 4.79 Å². The van der Waals surface area contributed by atoms with Crippen LogP contribution in [0.15, 0.2) is 42.5 Å². The number of rotatable bonds is 5. The van der Waals surface area contributed by atoms with Crippen LogP contribution in [-0.4, -0.2) is 29.9 Å². The molecule has 1 aliphatic rings. The Kier molecular flexibility index (Phi) is 6.47. The van der Waals surface area contributed by atoms with Crippen molar-refractivity contribution >= 4 is 46.5 Å². The second kappa shape index (κ2) is 8.84. The molecule has 0 spiro atoms. The molecule has 0 aliphatic carbocycles. The van der Waals surface area contributed by atoms with Gasteiger partial charge in [-0.15, -0.1) is 0 Å². The van der Waals surface area contributed by atoms with Gasteiger partial charge in [-0.05, 0) is 42.3 Å². The number of amides is 3. The normalized spacial score (nSPS) is 14.5. The van der Waals surface area contributed by atoms with Crippen LogP contribution in [0.5, 0.6) is 0 Å². The van der Waals surface area contributed by atoms with Gasteiger partial charge in [-0.1, -0.05) is 49.2 Å². The third kappa shape index (κ3) is 4.78. The van der Waals surface area contributed by atoms with E-state index in [1.165, 1.54) is 0 Å². The highest BCUT2D eigenvalue weighted by Crippen LogP contribution is 2.26. The van der Waals surface area contributed by atoms with Gasteiger partial charge in [-0.3, -0.25) is 9.69 Å². The summed E-state index contributed by atoms with van der Waals surface area (Å²) in [7, 11) is 0. The molecule has 0 radical (unpaired) electrons. The smallest absolute Gasteiger partial charge is 0.324 e. The molecule has 28 heavy (non-hydrogen) atoms. The van der Waals surface area contributed by atoms with E-state index in [2.05, 4.69) is 5.32 Å². The zero-order valence-electron chi connectivity index (χ0n) is 15.9. The Hall–Kier alpha value is -2.24. The van der Waals surface area contributed by atoms with E-state index in [4.69, 9.17) is 23.2 Å². The number of anilines is 2. The summed E-state index contributed by atoms with van der Waals surface area (Å²) in [4.78, 5) is 28.5. The van der Waals surface area contributed by atoms with Crippen molar-refractivity contribution in [1.29, 1.82) is 0 Å². The van der Waals surface area contributed by atoms with Crippen molar-refractivity contribution in [1.82, 2.24) is 4.90 Å². The van der Waals surface area contributed by atoms with Crippen molar-refractivity contribution in [3.8, 4) is 0 Å². The maximum absolute atomic E-state index is 13.0. The summed E-state index contributed by atoms with van der Waals surface area (Å²) in [5, 5.41) is 3.86. The molecule has 0 atom stereocenters. The molecule has 0 bridgehead atoms. The molecule has 2 aromatic rings. The minimum atomic E-state index is -0.109. The van der Waals surface area contributed by atoms with Gasteiger partial charge in [0, 0.05) is 36.9 Å². The molecular formula is C21H23Cl2N3O2. The largest absolute Gasteiger partial charge is 0.326 e. The number of benzene rings is 2. The molecule has 0 saturated carbocycles. The van der Waals surface area contributed by atoms with E-state index in [0.29, 0.717) is 35.4 Å². The second-order valence-electron chi connectivity index (χ2n) is 7.15. The number of halogens is 2. The molecule has 0 aromatic heterocycles. The Balaban J connectivity index is 1.75. The van der Waals surface area contributed by atoms with Gasteiger partial charge >= 0.3 is 6.03 Å². The van der Waals surface area contributed by atoms with Crippen LogP contribution in [0.3, 0.4) is 0 Å². The zero-order chi connectivity index (χ0) is 20.3. The Labute approximate surface area is 175 Å². The van der Waals surface area contributed by atoms with Gasteiger partial charge in [0.1, 0.15) is 0 Å². The van der Waals surface area contributed by atoms with Crippen LogP contribution < -0.4 is 10.2 Å². The highest BCUT2D eigenvalue weighted by atomic mass is 35.5. The first-order valence-corrected chi connectivity index (χ1v) is 10.0. The number of carbonyl (C=O) groups is 2. The van der Waals surface area contributed by atoms with E-state index in [-0.39, 0.29) is 17.9 Å². The molecule has 0 unspecified atom stereocenters. The molecular weight excluding hydrogens is 397 g/mol. The van der Waals surface area contributed by atoms with E-state index in [1.54, 1.807) is 21.9 Å². The van der Waals surface area contributed by atoms with Crippen LogP contribution >= 0.6 is 23.2 Å². The first-order chi connectivity index (χ1) is 13.3. The molecule has 1 fully saturated rings. The van der Waals surface area contributed by atoms with Gasteiger partial charge in [0.25, 0.3) is 0 Å². The van der Waals surface area contributed by atoms with Gasteiger partial charge in [0.05, 0.1) is 10.0 Å². The van der Waals surface area contributed by atoms with E-state index >= 15 is 0 Å². The van der Waals surface area contributed by atoms with E-state index in [1.807, 2.05) is 44.2 Å². The van der Waals surface area contributed by atoms with Gasteiger partial charge in [0.15, 0.2) is 0 Å². The minimum absolute atomic E-state index is 0.0524. The Morgan fingerprint density at radius 2 is 1.89 bits per heavy atom. The SMILES string of the molecule is CC(C)C(=O)Nc1cccc(N2CCCN(Cc3ccc(Cl)c(Cl)c3)C2=O)c1. The number of hydrogen-bond acceptors (Lipinski definition) is 2. The fourth-order valence-corrected chi connectivity index (χ4v) is 3.39. The molecule has 3 rings (SSSR count). The molecule has 3 amide bonds. The highest BCUT2D eigenvalue weighted by Gasteiger charge is 2.27. The van der Waals surface area contributed by atoms with Gasteiger partial charge < -0.3 is 10.2 Å². The summed E-state index contributed by atoms with van der Waals surface area (Å²) in [6.07, 6.45) is 0.857. The summed E-state index contributed by atoms with van der Waals surface area (Å²) in [6, 6.07) is 12.7. The zero-order valence-corrected chi connectivity index (χ0v) is 17.4. The van der Waals surface area contributed by atoms with Crippen LogP contribution in [0.1, 0.15) is 25.8 Å². The van der Waals surface area contributed by atoms with Crippen LogP contribution in [0.4, 0.5) is 16.2 Å². The molecule has 2 aromatic carbocycles. The maximum atomic E-state index is 13.0. The Morgan fingerprint density at radius 3 is 2.61 bits per heavy atom. The predicted octanol–water partition coefficient (Wildman–Crippen LogP) is 5.42. The summed E-state index contributed by atoms with van der Waals surface area (Å²) >= 11 is 12.1. The summed E-state index contributed by atoms with van der Waals surface area (Å²) < 4.78 is 0. The molecule has 1 heterocycles. The fraction of sp³-hybridized carbons (Fsp3) is 0.333. The van der Waals surface area contributed by atoms with Gasteiger partial charge in [0.2, 0.25) is 5.91 Å². The topological polar surface area (TPSA) is 52.7 Å². The first kappa shape index (κ1) is 20.5. The van der Waals surface area contributed by atoms with Crippen molar-refractivity contribution in [3.63, 3.8) is 0 Å². The summed E-state index contributed by atoms with van der Waals surface area (Å²) in [6.45, 7) is 5.47. The molecule has 148 valence electrons. The number of carbonyl (C=O) groups excluding carboxylic acids is 2. The van der Waals surface area contributed by atoms with Crippen LogP contribution in [-0.2, 0) is 11.3 Å². The van der Waals surface area contributed by atoms with Crippen LogP contribution in [0.2, 0.25) is 10.0 Å². The van der Waals surface area contributed by atoms with E-state index in [0.717, 1.165) is 17.7 Å². The van der Waals surface area contributed by atoms with Crippen LogP contribution in [0.25, 0.3) is 0 Å². The van der Waals surface area contributed by atoms with E-state index < -0.39 is 0 Å². The third-order valence-electron chi connectivity index (χ3n) is 4.62. The van der Waals surface area contributed by atoms with Crippen molar-refractivity contribution < 1.29 is 9.59 Å². The lowest BCUT2D eigenvalue weighted by Crippen LogP contribution is -2.49. The fourth-order valence-electron chi connectivity index (χ4n) is 3.06. The molecule has 7 heteroatoms. The Morgan fingerprint density at radius 1 is 1.11 bits per heavy atom. The molecule has 1 N–H and O–H groups in total.